The minimum atomic E-state index is 0.240. The van der Waals surface area contributed by atoms with Gasteiger partial charge in [-0.3, -0.25) is 0 Å². The fourth-order valence-electron chi connectivity index (χ4n) is 1.76. The molecule has 5 nitrogen and oxygen atoms in total. The third-order valence-electron chi connectivity index (χ3n) is 2.95. The first-order valence-corrected chi connectivity index (χ1v) is 5.80. The van der Waals surface area contributed by atoms with Crippen molar-refractivity contribution in [3.05, 3.63) is 11.9 Å². The summed E-state index contributed by atoms with van der Waals surface area (Å²) in [6.45, 7) is 4.23. The summed E-state index contributed by atoms with van der Waals surface area (Å²) < 4.78 is 10.3. The van der Waals surface area contributed by atoms with E-state index in [1.165, 1.54) is 0 Å². The SMILES string of the molecule is CCC(c1nc(OC)cc(OC)n1)C(C)NC. The van der Waals surface area contributed by atoms with E-state index in [-0.39, 0.29) is 5.92 Å². The Kier molecular flexibility index (Phi) is 5.15. The minimum absolute atomic E-state index is 0.240. The highest BCUT2D eigenvalue weighted by atomic mass is 16.5. The smallest absolute Gasteiger partial charge is 0.220 e. The van der Waals surface area contributed by atoms with Crippen LogP contribution in [0.1, 0.15) is 32.0 Å². The van der Waals surface area contributed by atoms with E-state index in [0.717, 1.165) is 12.2 Å². The molecule has 1 heterocycles. The first-order valence-electron chi connectivity index (χ1n) is 5.80. The standard InChI is InChI=1S/C12H21N3O2/c1-6-9(8(2)13-3)12-14-10(16-4)7-11(15-12)17-5/h7-9,13H,6H2,1-5H3. The summed E-state index contributed by atoms with van der Waals surface area (Å²) in [6, 6.07) is 1.98. The van der Waals surface area contributed by atoms with Crippen LogP contribution >= 0.6 is 0 Å². The minimum Gasteiger partial charge on any atom is -0.481 e. The molecule has 5 heteroatoms. The van der Waals surface area contributed by atoms with E-state index in [1.54, 1.807) is 20.3 Å². The topological polar surface area (TPSA) is 56.3 Å². The highest BCUT2D eigenvalue weighted by molar-refractivity contribution is 5.22. The molecule has 1 N–H and O–H groups in total. The Balaban J connectivity index is 3.09. The van der Waals surface area contributed by atoms with Gasteiger partial charge in [-0.1, -0.05) is 6.92 Å². The zero-order valence-corrected chi connectivity index (χ0v) is 11.2. The fraction of sp³-hybridized carbons (Fsp3) is 0.667. The Morgan fingerprint density at radius 3 is 2.12 bits per heavy atom. The van der Waals surface area contributed by atoms with E-state index in [4.69, 9.17) is 9.47 Å². The molecule has 96 valence electrons. The van der Waals surface area contributed by atoms with Crippen LogP contribution in [-0.2, 0) is 0 Å². The lowest BCUT2D eigenvalue weighted by Gasteiger charge is -2.21. The summed E-state index contributed by atoms with van der Waals surface area (Å²) >= 11 is 0. The molecular weight excluding hydrogens is 218 g/mol. The number of nitrogens with one attached hydrogen (secondary N) is 1. The molecule has 0 aliphatic carbocycles. The number of aromatic nitrogens is 2. The number of rotatable bonds is 6. The molecule has 0 aliphatic heterocycles. The number of ether oxygens (including phenoxy) is 2. The lowest BCUT2D eigenvalue weighted by Crippen LogP contribution is -2.29. The third-order valence-corrected chi connectivity index (χ3v) is 2.95. The Morgan fingerprint density at radius 2 is 1.76 bits per heavy atom. The second-order valence-corrected chi connectivity index (χ2v) is 3.90. The molecule has 1 aromatic rings. The van der Waals surface area contributed by atoms with Crippen LogP contribution in [0.5, 0.6) is 11.8 Å². The Morgan fingerprint density at radius 1 is 1.24 bits per heavy atom. The van der Waals surface area contributed by atoms with Crippen LogP contribution in [0.2, 0.25) is 0 Å². The molecule has 2 unspecified atom stereocenters. The van der Waals surface area contributed by atoms with Gasteiger partial charge in [0.1, 0.15) is 5.82 Å². The molecule has 0 radical (unpaired) electrons. The van der Waals surface area contributed by atoms with Crippen LogP contribution in [-0.4, -0.2) is 37.3 Å². The first-order chi connectivity index (χ1) is 8.15. The predicted molar refractivity (Wildman–Crippen MR) is 66.7 cm³/mol. The Labute approximate surface area is 103 Å². The van der Waals surface area contributed by atoms with Crippen LogP contribution in [0.4, 0.5) is 0 Å². The number of methoxy groups -OCH3 is 2. The number of likely N-dealkylation sites (N-methyl/N-ethyl adjacent to an activating group) is 1. The summed E-state index contributed by atoms with van der Waals surface area (Å²) in [5.41, 5.74) is 0. The molecule has 1 rings (SSSR count). The summed E-state index contributed by atoms with van der Waals surface area (Å²) in [5.74, 6) is 2.07. The van der Waals surface area contributed by atoms with E-state index >= 15 is 0 Å². The third kappa shape index (κ3) is 3.30. The number of hydrogen-bond donors (Lipinski definition) is 1. The van der Waals surface area contributed by atoms with Gasteiger partial charge in [-0.05, 0) is 20.4 Å². The monoisotopic (exact) mass is 239 g/mol. The fourth-order valence-corrected chi connectivity index (χ4v) is 1.76. The van der Waals surface area contributed by atoms with E-state index in [2.05, 4.69) is 29.1 Å². The van der Waals surface area contributed by atoms with Crippen molar-refractivity contribution in [2.75, 3.05) is 21.3 Å². The average molecular weight is 239 g/mol. The average Bonchev–Trinajstić information content (AvgIpc) is 2.38. The first kappa shape index (κ1) is 13.7. The highest BCUT2D eigenvalue weighted by Gasteiger charge is 2.20. The van der Waals surface area contributed by atoms with Crippen LogP contribution in [0.25, 0.3) is 0 Å². The van der Waals surface area contributed by atoms with Gasteiger partial charge in [-0.25, -0.2) is 0 Å². The number of hydrogen-bond acceptors (Lipinski definition) is 5. The molecule has 2 atom stereocenters. The Hall–Kier alpha value is -1.36. The predicted octanol–water partition coefficient (Wildman–Crippen LogP) is 1.60. The van der Waals surface area contributed by atoms with E-state index in [0.29, 0.717) is 17.8 Å². The van der Waals surface area contributed by atoms with Gasteiger partial charge in [0, 0.05) is 12.0 Å². The van der Waals surface area contributed by atoms with E-state index < -0.39 is 0 Å². The van der Waals surface area contributed by atoms with Crippen molar-refractivity contribution in [2.45, 2.75) is 32.2 Å². The van der Waals surface area contributed by atoms with Crippen molar-refractivity contribution in [3.8, 4) is 11.8 Å². The van der Waals surface area contributed by atoms with Gasteiger partial charge in [0.2, 0.25) is 11.8 Å². The molecule has 0 saturated carbocycles. The maximum Gasteiger partial charge on any atom is 0.220 e. The molecule has 0 aliphatic rings. The van der Waals surface area contributed by atoms with Crippen molar-refractivity contribution < 1.29 is 9.47 Å². The normalized spacial score (nSPS) is 14.2. The molecule has 1 aromatic heterocycles. The molecule has 0 saturated heterocycles. The van der Waals surface area contributed by atoms with Crippen molar-refractivity contribution in [3.63, 3.8) is 0 Å². The maximum atomic E-state index is 5.15. The zero-order valence-electron chi connectivity index (χ0n) is 11.2. The largest absolute Gasteiger partial charge is 0.481 e. The molecule has 0 bridgehead atoms. The molecule has 0 fully saturated rings. The van der Waals surface area contributed by atoms with Gasteiger partial charge < -0.3 is 14.8 Å². The van der Waals surface area contributed by atoms with Crippen LogP contribution in [0.3, 0.4) is 0 Å². The maximum absolute atomic E-state index is 5.15. The molecule has 0 amide bonds. The van der Waals surface area contributed by atoms with Crippen molar-refractivity contribution in [1.29, 1.82) is 0 Å². The Bertz CT molecular complexity index is 335. The van der Waals surface area contributed by atoms with Crippen LogP contribution < -0.4 is 14.8 Å². The zero-order chi connectivity index (χ0) is 12.8. The lowest BCUT2D eigenvalue weighted by atomic mass is 9.97. The number of nitrogens with zero attached hydrogens (tertiary/aromatic N) is 2. The molecule has 0 spiro atoms. The summed E-state index contributed by atoms with van der Waals surface area (Å²) in [7, 11) is 5.12. The van der Waals surface area contributed by atoms with Crippen molar-refractivity contribution in [1.82, 2.24) is 15.3 Å². The summed E-state index contributed by atoms with van der Waals surface area (Å²) in [5, 5.41) is 3.23. The van der Waals surface area contributed by atoms with Gasteiger partial charge in [0.25, 0.3) is 0 Å². The van der Waals surface area contributed by atoms with Crippen molar-refractivity contribution >= 4 is 0 Å². The van der Waals surface area contributed by atoms with E-state index in [1.807, 2.05) is 7.05 Å². The summed E-state index contributed by atoms with van der Waals surface area (Å²) in [4.78, 5) is 8.77. The van der Waals surface area contributed by atoms with Gasteiger partial charge in [0.05, 0.1) is 20.3 Å². The van der Waals surface area contributed by atoms with Crippen LogP contribution in [0.15, 0.2) is 6.07 Å². The second kappa shape index (κ2) is 6.39. The molecular formula is C12H21N3O2. The van der Waals surface area contributed by atoms with Gasteiger partial charge in [-0.15, -0.1) is 0 Å². The second-order valence-electron chi connectivity index (χ2n) is 3.90. The molecule has 17 heavy (non-hydrogen) atoms. The van der Waals surface area contributed by atoms with Gasteiger partial charge in [-0.2, -0.15) is 9.97 Å². The quantitative estimate of drug-likeness (QED) is 0.817. The molecule has 0 aromatic carbocycles. The van der Waals surface area contributed by atoms with E-state index in [9.17, 15) is 0 Å². The lowest BCUT2D eigenvalue weighted by molar-refractivity contribution is 0.359. The van der Waals surface area contributed by atoms with Gasteiger partial charge >= 0.3 is 0 Å². The van der Waals surface area contributed by atoms with Crippen molar-refractivity contribution in [2.24, 2.45) is 0 Å². The van der Waals surface area contributed by atoms with Crippen LogP contribution in [0, 0.1) is 0 Å². The summed E-state index contributed by atoms with van der Waals surface area (Å²) in [6.07, 6.45) is 0.957. The highest BCUT2D eigenvalue weighted by Crippen LogP contribution is 2.24. The van der Waals surface area contributed by atoms with Gasteiger partial charge in [0.15, 0.2) is 0 Å².